The van der Waals surface area contributed by atoms with Crippen molar-refractivity contribution in [2.24, 2.45) is 5.10 Å². The number of nitrogens with one attached hydrogen (secondary N) is 1. The molecule has 0 aliphatic rings. The maximum Gasteiger partial charge on any atom is 0.312 e. The van der Waals surface area contributed by atoms with E-state index in [1.807, 2.05) is 0 Å². The first-order valence-corrected chi connectivity index (χ1v) is 8.27. The van der Waals surface area contributed by atoms with Gasteiger partial charge in [0.15, 0.2) is 11.0 Å². The summed E-state index contributed by atoms with van der Waals surface area (Å²) in [6.07, 6.45) is 1.41. The van der Waals surface area contributed by atoms with E-state index in [2.05, 4.69) is 20.7 Å². The Balaban J connectivity index is 1.79. The maximum absolute atomic E-state index is 11.4. The van der Waals surface area contributed by atoms with Gasteiger partial charge in [0.05, 0.1) is 16.2 Å². The lowest BCUT2D eigenvalue weighted by atomic mass is 10.2. The monoisotopic (exact) mass is 403 g/mol. The van der Waals surface area contributed by atoms with Crippen LogP contribution in [0.25, 0.3) is 0 Å². The van der Waals surface area contributed by atoms with Gasteiger partial charge in [-0.15, -0.1) is 10.2 Å². The second-order valence-electron chi connectivity index (χ2n) is 5.13. The summed E-state index contributed by atoms with van der Waals surface area (Å²) < 4.78 is 5.58. The van der Waals surface area contributed by atoms with Crippen LogP contribution < -0.4 is 10.2 Å². The number of hydrazone groups is 1. The second kappa shape index (κ2) is 8.43. The van der Waals surface area contributed by atoms with Crippen molar-refractivity contribution in [2.75, 3.05) is 5.43 Å². The summed E-state index contributed by atoms with van der Waals surface area (Å²) in [5.41, 5.74) is 2.92. The molecule has 0 aliphatic carbocycles. The topological polar surface area (TPSA) is 103 Å². The summed E-state index contributed by atoms with van der Waals surface area (Å²) in [5.74, 6) is 0.775. The van der Waals surface area contributed by atoms with E-state index in [9.17, 15) is 10.1 Å². The fraction of sp³-hybridized carbons (Fsp3) is 0. The van der Waals surface area contributed by atoms with Crippen LogP contribution in [-0.4, -0.2) is 21.3 Å². The molecule has 8 nitrogen and oxygen atoms in total. The molecule has 1 aromatic heterocycles. The van der Waals surface area contributed by atoms with E-state index < -0.39 is 4.92 Å². The number of rotatable bonds is 6. The third-order valence-electron chi connectivity index (χ3n) is 3.26. The van der Waals surface area contributed by atoms with Crippen LogP contribution in [0.1, 0.15) is 5.56 Å². The minimum Gasteiger partial charge on any atom is -0.449 e. The molecule has 3 rings (SSSR count). The Hall–Kier alpha value is -3.23. The average molecular weight is 404 g/mol. The van der Waals surface area contributed by atoms with Gasteiger partial charge >= 0.3 is 5.69 Å². The minimum absolute atomic E-state index is 0.0711. The van der Waals surface area contributed by atoms with Gasteiger partial charge < -0.3 is 4.74 Å². The number of nitro benzene ring substituents is 1. The zero-order chi connectivity index (χ0) is 19.2. The summed E-state index contributed by atoms with van der Waals surface area (Å²) >= 11 is 11.7. The molecule has 0 aliphatic heterocycles. The lowest BCUT2D eigenvalue weighted by Crippen LogP contribution is -1.97. The van der Waals surface area contributed by atoms with Gasteiger partial charge in [0.2, 0.25) is 5.75 Å². The number of hydrogen-bond donors (Lipinski definition) is 1. The molecule has 1 N–H and O–H groups in total. The van der Waals surface area contributed by atoms with Crippen molar-refractivity contribution >= 4 is 40.9 Å². The highest BCUT2D eigenvalue weighted by Crippen LogP contribution is 2.35. The van der Waals surface area contributed by atoms with E-state index in [-0.39, 0.29) is 16.6 Å². The Labute approximate surface area is 163 Å². The fourth-order valence-electron chi connectivity index (χ4n) is 2.04. The normalized spacial score (nSPS) is 10.7. The molecule has 0 bridgehead atoms. The molecule has 3 aromatic rings. The smallest absolute Gasteiger partial charge is 0.312 e. The zero-order valence-electron chi connectivity index (χ0n) is 13.5. The zero-order valence-corrected chi connectivity index (χ0v) is 15.1. The van der Waals surface area contributed by atoms with Crippen molar-refractivity contribution in [1.29, 1.82) is 0 Å². The average Bonchev–Trinajstić information content (AvgIpc) is 2.66. The van der Waals surface area contributed by atoms with Gasteiger partial charge in [-0.25, -0.2) is 0 Å². The number of nitro groups is 1. The molecule has 0 saturated heterocycles. The van der Waals surface area contributed by atoms with Crippen LogP contribution in [-0.2, 0) is 0 Å². The van der Waals surface area contributed by atoms with Gasteiger partial charge in [0, 0.05) is 11.6 Å². The van der Waals surface area contributed by atoms with E-state index in [1.54, 1.807) is 42.5 Å². The van der Waals surface area contributed by atoms with Crippen molar-refractivity contribution in [3.8, 4) is 11.5 Å². The van der Waals surface area contributed by atoms with Crippen LogP contribution in [0.4, 0.5) is 11.5 Å². The first-order chi connectivity index (χ1) is 13.0. The number of ether oxygens (including phenoxy) is 1. The molecule has 1 heterocycles. The number of halogens is 2. The molecule has 0 fully saturated rings. The molecule has 0 radical (unpaired) electrons. The van der Waals surface area contributed by atoms with E-state index in [4.69, 9.17) is 27.9 Å². The van der Waals surface area contributed by atoms with Gasteiger partial charge in [-0.2, -0.15) is 5.10 Å². The molecule has 136 valence electrons. The highest BCUT2D eigenvalue weighted by Gasteiger charge is 2.17. The van der Waals surface area contributed by atoms with Gasteiger partial charge in [-0.3, -0.25) is 15.5 Å². The van der Waals surface area contributed by atoms with Crippen molar-refractivity contribution in [1.82, 2.24) is 10.2 Å². The Bertz CT molecular complexity index is 996. The molecule has 10 heteroatoms. The number of nitrogens with zero attached hydrogens (tertiary/aromatic N) is 4. The molecule has 27 heavy (non-hydrogen) atoms. The Morgan fingerprint density at radius 2 is 1.89 bits per heavy atom. The van der Waals surface area contributed by atoms with E-state index in [1.165, 1.54) is 18.3 Å². The lowest BCUT2D eigenvalue weighted by molar-refractivity contribution is -0.385. The third-order valence-corrected chi connectivity index (χ3v) is 3.77. The molecule has 0 unspecified atom stereocenters. The molecule has 2 aromatic carbocycles. The van der Waals surface area contributed by atoms with Crippen LogP contribution in [0, 0.1) is 10.1 Å². The summed E-state index contributed by atoms with van der Waals surface area (Å²) in [7, 11) is 0. The molecule has 0 amide bonds. The number of hydrogen-bond acceptors (Lipinski definition) is 7. The van der Waals surface area contributed by atoms with Gasteiger partial charge in [0.25, 0.3) is 0 Å². The van der Waals surface area contributed by atoms with Crippen molar-refractivity contribution < 1.29 is 9.66 Å². The predicted octanol–water partition coefficient (Wildman–Crippen LogP) is 4.93. The number of aromatic nitrogens is 2. The Morgan fingerprint density at radius 3 is 2.59 bits per heavy atom. The molecule has 0 atom stereocenters. The van der Waals surface area contributed by atoms with Crippen LogP contribution in [0.2, 0.25) is 10.2 Å². The standard InChI is InChI=1S/C17H11Cl2N5O3/c18-12-3-1-2-4-14(12)27-15-6-5-11(9-13(15)24(25)26)10-20-22-17-8-7-16(19)21-23-17/h1-10H,(H,22,23)/b20-10+. The number of benzene rings is 2. The predicted molar refractivity (Wildman–Crippen MR) is 103 cm³/mol. The van der Waals surface area contributed by atoms with Crippen LogP contribution in [0.15, 0.2) is 59.7 Å². The number of para-hydroxylation sites is 1. The first-order valence-electron chi connectivity index (χ1n) is 7.52. The van der Waals surface area contributed by atoms with E-state index in [0.717, 1.165) is 0 Å². The molecule has 0 spiro atoms. The van der Waals surface area contributed by atoms with Gasteiger partial charge in [-0.1, -0.05) is 35.3 Å². The largest absolute Gasteiger partial charge is 0.449 e. The van der Waals surface area contributed by atoms with Gasteiger partial charge in [-0.05, 0) is 36.4 Å². The first kappa shape index (κ1) is 18.6. The summed E-state index contributed by atoms with van der Waals surface area (Å²) in [6, 6.07) is 14.3. The maximum atomic E-state index is 11.4. The minimum atomic E-state index is -0.540. The quantitative estimate of drug-likeness (QED) is 0.355. The summed E-state index contributed by atoms with van der Waals surface area (Å²) in [6.45, 7) is 0. The van der Waals surface area contributed by atoms with Crippen molar-refractivity contribution in [3.63, 3.8) is 0 Å². The Morgan fingerprint density at radius 1 is 1.07 bits per heavy atom. The number of anilines is 1. The molecule has 0 saturated carbocycles. The molecular formula is C17H11Cl2N5O3. The van der Waals surface area contributed by atoms with E-state index >= 15 is 0 Å². The van der Waals surface area contributed by atoms with Crippen molar-refractivity contribution in [3.05, 3.63) is 80.5 Å². The highest BCUT2D eigenvalue weighted by atomic mass is 35.5. The van der Waals surface area contributed by atoms with E-state index in [0.29, 0.717) is 22.2 Å². The lowest BCUT2D eigenvalue weighted by Gasteiger charge is -2.08. The highest BCUT2D eigenvalue weighted by molar-refractivity contribution is 6.32. The third kappa shape index (κ3) is 4.90. The Kier molecular flexibility index (Phi) is 5.80. The summed E-state index contributed by atoms with van der Waals surface area (Å²) in [5, 5.41) is 23.4. The fourth-order valence-corrected chi connectivity index (χ4v) is 2.31. The summed E-state index contributed by atoms with van der Waals surface area (Å²) in [4.78, 5) is 10.8. The van der Waals surface area contributed by atoms with Crippen molar-refractivity contribution in [2.45, 2.75) is 0 Å². The second-order valence-corrected chi connectivity index (χ2v) is 5.92. The van der Waals surface area contributed by atoms with Crippen LogP contribution in [0.5, 0.6) is 11.5 Å². The van der Waals surface area contributed by atoms with Crippen LogP contribution >= 0.6 is 23.2 Å². The van der Waals surface area contributed by atoms with Crippen LogP contribution in [0.3, 0.4) is 0 Å². The molecular weight excluding hydrogens is 393 g/mol. The van der Waals surface area contributed by atoms with Gasteiger partial charge in [0.1, 0.15) is 5.75 Å². The SMILES string of the molecule is O=[N+]([O-])c1cc(/C=N/Nc2ccc(Cl)nn2)ccc1Oc1ccccc1Cl.